The maximum Gasteiger partial charge on any atom is 0.433 e. The molecule has 0 aromatic carbocycles. The summed E-state index contributed by atoms with van der Waals surface area (Å²) in [6, 6.07) is 1.16. The molecule has 3 nitrogen and oxygen atoms in total. The zero-order valence-corrected chi connectivity index (χ0v) is 10.4. The normalized spacial score (nSPS) is 20.7. The van der Waals surface area contributed by atoms with Crippen molar-refractivity contribution in [1.29, 1.82) is 0 Å². The van der Waals surface area contributed by atoms with Gasteiger partial charge in [-0.05, 0) is 24.7 Å². The molecule has 2 rings (SSSR count). The van der Waals surface area contributed by atoms with Crippen molar-refractivity contribution >= 4 is 23.1 Å². The summed E-state index contributed by atoms with van der Waals surface area (Å²) in [7, 11) is 0. The van der Waals surface area contributed by atoms with E-state index in [9.17, 15) is 13.2 Å². The topological polar surface area (TPSA) is 50.9 Å². The van der Waals surface area contributed by atoms with Gasteiger partial charge in [-0.25, -0.2) is 4.98 Å². The Morgan fingerprint density at radius 1 is 1.44 bits per heavy atom. The van der Waals surface area contributed by atoms with Gasteiger partial charge in [0, 0.05) is 11.8 Å². The number of pyridine rings is 1. The fourth-order valence-corrected chi connectivity index (χ4v) is 2.89. The second kappa shape index (κ2) is 5.26. The first-order valence-corrected chi connectivity index (χ1v) is 6.79. The van der Waals surface area contributed by atoms with Gasteiger partial charge in [0.2, 0.25) is 0 Å². The van der Waals surface area contributed by atoms with Crippen LogP contribution in [0.3, 0.4) is 0 Å². The van der Waals surface area contributed by atoms with Crippen molar-refractivity contribution in [2.75, 3.05) is 22.6 Å². The number of hydrogen-bond donors (Lipinski definition) is 2. The molecule has 1 unspecified atom stereocenters. The Labute approximate surface area is 107 Å². The van der Waals surface area contributed by atoms with Crippen LogP contribution in [0.5, 0.6) is 0 Å². The molecule has 1 aliphatic heterocycles. The molecule has 0 radical (unpaired) electrons. The maximum atomic E-state index is 12.5. The Morgan fingerprint density at radius 3 is 2.83 bits per heavy atom. The van der Waals surface area contributed by atoms with Gasteiger partial charge in [-0.15, -0.1) is 0 Å². The summed E-state index contributed by atoms with van der Waals surface area (Å²) < 4.78 is 37.6. The van der Waals surface area contributed by atoms with E-state index in [1.165, 1.54) is 0 Å². The summed E-state index contributed by atoms with van der Waals surface area (Å²) in [5, 5.41) is 3.08. The molecule has 100 valence electrons. The fraction of sp³-hybridized carbons (Fsp3) is 0.545. The van der Waals surface area contributed by atoms with Crippen molar-refractivity contribution in [3.63, 3.8) is 0 Å². The van der Waals surface area contributed by atoms with Gasteiger partial charge in [-0.2, -0.15) is 24.9 Å². The average Bonchev–Trinajstić information content (AvgIpc) is 2.32. The van der Waals surface area contributed by atoms with Crippen LogP contribution >= 0.6 is 11.8 Å². The maximum absolute atomic E-state index is 12.5. The van der Waals surface area contributed by atoms with Crippen LogP contribution in [0.2, 0.25) is 0 Å². The number of hydrogen-bond acceptors (Lipinski definition) is 4. The summed E-state index contributed by atoms with van der Waals surface area (Å²) in [5.74, 6) is 2.00. The number of rotatable bonds is 2. The van der Waals surface area contributed by atoms with Gasteiger partial charge < -0.3 is 11.1 Å². The molecule has 0 amide bonds. The third kappa shape index (κ3) is 3.22. The quantitative estimate of drug-likeness (QED) is 0.872. The monoisotopic (exact) mass is 277 g/mol. The molecule has 3 N–H and O–H groups in total. The van der Waals surface area contributed by atoms with Gasteiger partial charge >= 0.3 is 6.18 Å². The first-order chi connectivity index (χ1) is 8.47. The van der Waals surface area contributed by atoms with Crippen LogP contribution in [-0.2, 0) is 6.18 Å². The van der Waals surface area contributed by atoms with Crippen molar-refractivity contribution in [2.24, 2.45) is 0 Å². The predicted octanol–water partition coefficient (Wildman–Crippen LogP) is 2.99. The van der Waals surface area contributed by atoms with Gasteiger partial charge in [-0.1, -0.05) is 0 Å². The van der Waals surface area contributed by atoms with Gasteiger partial charge in [0.1, 0.15) is 5.69 Å². The number of nitrogens with two attached hydrogens (primary N) is 1. The summed E-state index contributed by atoms with van der Waals surface area (Å²) in [4.78, 5) is 3.31. The molecule has 1 atom stereocenters. The lowest BCUT2D eigenvalue weighted by molar-refractivity contribution is -0.141. The smallest absolute Gasteiger partial charge is 0.396 e. The second-order valence-electron chi connectivity index (χ2n) is 4.21. The molecule has 1 aromatic rings. The van der Waals surface area contributed by atoms with Crippen molar-refractivity contribution in [3.05, 3.63) is 18.0 Å². The molecule has 0 saturated carbocycles. The summed E-state index contributed by atoms with van der Waals surface area (Å²) in [5.41, 5.74) is 5.31. The van der Waals surface area contributed by atoms with Crippen LogP contribution in [0.15, 0.2) is 12.3 Å². The van der Waals surface area contributed by atoms with Crippen molar-refractivity contribution in [1.82, 2.24) is 4.98 Å². The highest BCUT2D eigenvalue weighted by atomic mass is 32.2. The van der Waals surface area contributed by atoms with E-state index in [0.29, 0.717) is 5.69 Å². The lowest BCUT2D eigenvalue weighted by Gasteiger charge is -2.24. The third-order valence-corrected chi connectivity index (χ3v) is 3.96. The number of anilines is 2. The number of halogens is 3. The highest BCUT2D eigenvalue weighted by Gasteiger charge is 2.33. The summed E-state index contributed by atoms with van der Waals surface area (Å²) in [6.45, 7) is 0. The van der Waals surface area contributed by atoms with Crippen molar-refractivity contribution in [3.8, 4) is 0 Å². The highest BCUT2D eigenvalue weighted by Crippen LogP contribution is 2.32. The van der Waals surface area contributed by atoms with Crippen molar-refractivity contribution < 1.29 is 13.2 Å². The van der Waals surface area contributed by atoms with Crippen molar-refractivity contribution in [2.45, 2.75) is 25.1 Å². The lowest BCUT2D eigenvalue weighted by Crippen LogP contribution is -2.26. The van der Waals surface area contributed by atoms with Crippen LogP contribution in [0.4, 0.5) is 24.5 Å². The van der Waals surface area contributed by atoms with Crippen LogP contribution in [0, 0.1) is 0 Å². The fourth-order valence-electron chi connectivity index (χ4n) is 1.82. The highest BCUT2D eigenvalue weighted by molar-refractivity contribution is 7.99. The first-order valence-electron chi connectivity index (χ1n) is 5.64. The van der Waals surface area contributed by atoms with E-state index in [1.54, 1.807) is 11.8 Å². The first kappa shape index (κ1) is 13.3. The van der Waals surface area contributed by atoms with E-state index >= 15 is 0 Å². The third-order valence-electron chi connectivity index (χ3n) is 2.75. The largest absolute Gasteiger partial charge is 0.433 e. The lowest BCUT2D eigenvalue weighted by atomic mass is 10.1. The van der Waals surface area contributed by atoms with Gasteiger partial charge in [0.25, 0.3) is 0 Å². The standard InChI is InChI=1S/C11H14F3N3S/c12-11(13,14)10-4-9(8(15)5-16-10)17-7-2-1-3-18-6-7/h4-5,7H,1-3,6,15H2,(H,16,17). The van der Waals surface area contributed by atoms with E-state index in [-0.39, 0.29) is 11.7 Å². The molecule has 0 bridgehead atoms. The van der Waals surface area contributed by atoms with E-state index < -0.39 is 11.9 Å². The van der Waals surface area contributed by atoms with E-state index in [1.807, 2.05) is 0 Å². The Kier molecular flexibility index (Phi) is 3.89. The molecular formula is C11H14F3N3S. The van der Waals surface area contributed by atoms with Gasteiger partial charge in [-0.3, -0.25) is 0 Å². The number of nitrogens with one attached hydrogen (secondary N) is 1. The Morgan fingerprint density at radius 2 is 2.22 bits per heavy atom. The Hall–Kier alpha value is -1.11. The number of alkyl halides is 3. The number of nitrogen functional groups attached to an aromatic ring is 1. The van der Waals surface area contributed by atoms with Gasteiger partial charge in [0.05, 0.1) is 17.6 Å². The molecule has 2 heterocycles. The van der Waals surface area contributed by atoms with E-state index in [2.05, 4.69) is 10.3 Å². The molecule has 0 spiro atoms. The molecular weight excluding hydrogens is 263 g/mol. The Bertz CT molecular complexity index is 416. The molecule has 18 heavy (non-hydrogen) atoms. The van der Waals surface area contributed by atoms with Crippen LogP contribution in [0.1, 0.15) is 18.5 Å². The molecule has 1 saturated heterocycles. The second-order valence-corrected chi connectivity index (χ2v) is 5.36. The summed E-state index contributed by atoms with van der Waals surface area (Å²) in [6.07, 6.45) is -1.36. The number of aromatic nitrogens is 1. The minimum Gasteiger partial charge on any atom is -0.396 e. The molecule has 1 aliphatic rings. The zero-order valence-electron chi connectivity index (χ0n) is 9.63. The van der Waals surface area contributed by atoms with Crippen LogP contribution in [0.25, 0.3) is 0 Å². The minimum atomic E-state index is -4.44. The van der Waals surface area contributed by atoms with E-state index in [0.717, 1.165) is 36.6 Å². The number of nitrogens with zero attached hydrogens (tertiary/aromatic N) is 1. The molecule has 1 fully saturated rings. The van der Waals surface area contributed by atoms with Crippen LogP contribution < -0.4 is 11.1 Å². The zero-order chi connectivity index (χ0) is 13.2. The SMILES string of the molecule is Nc1cnc(C(F)(F)F)cc1NC1CCCSC1. The average molecular weight is 277 g/mol. The summed E-state index contributed by atoms with van der Waals surface area (Å²) >= 11 is 1.80. The minimum absolute atomic E-state index is 0.175. The molecule has 0 aliphatic carbocycles. The van der Waals surface area contributed by atoms with Gasteiger partial charge in [0.15, 0.2) is 0 Å². The molecule has 7 heteroatoms. The van der Waals surface area contributed by atoms with E-state index in [4.69, 9.17) is 5.73 Å². The molecule has 1 aromatic heterocycles. The number of thioether (sulfide) groups is 1. The Balaban J connectivity index is 2.15. The van der Waals surface area contributed by atoms with Crippen LogP contribution in [-0.4, -0.2) is 22.5 Å². The predicted molar refractivity (Wildman–Crippen MR) is 67.6 cm³/mol.